The molecule has 0 spiro atoms. The molecule has 3 rings (SSSR count). The molecule has 26 heavy (non-hydrogen) atoms. The molecule has 1 unspecified atom stereocenters. The first kappa shape index (κ1) is 18.1. The molecule has 0 radical (unpaired) electrons. The van der Waals surface area contributed by atoms with Crippen molar-refractivity contribution in [2.45, 2.75) is 25.8 Å². The van der Waals surface area contributed by atoms with Crippen LogP contribution in [0.15, 0.2) is 66.9 Å². The fourth-order valence-corrected chi connectivity index (χ4v) is 2.81. The summed E-state index contributed by atoms with van der Waals surface area (Å²) in [7, 11) is 0. The zero-order valence-corrected chi connectivity index (χ0v) is 15.0. The van der Waals surface area contributed by atoms with Gasteiger partial charge in [-0.1, -0.05) is 49.7 Å². The number of carbonyl (C=O) groups is 1. The number of rotatable bonds is 8. The maximum Gasteiger partial charge on any atom is 0.251 e. The van der Waals surface area contributed by atoms with Gasteiger partial charge in [-0.3, -0.25) is 9.78 Å². The first-order chi connectivity index (χ1) is 12.8. The van der Waals surface area contributed by atoms with Gasteiger partial charge in [0.1, 0.15) is 0 Å². The second-order valence-electron chi connectivity index (χ2n) is 6.28. The molecule has 1 aromatic heterocycles. The maximum absolute atomic E-state index is 12.8. The number of hydrogen-bond acceptors (Lipinski definition) is 3. The number of ether oxygens (including phenoxy) is 1. The van der Waals surface area contributed by atoms with Crippen molar-refractivity contribution in [3.8, 4) is 0 Å². The lowest BCUT2D eigenvalue weighted by atomic mass is 10.1. The third-order valence-corrected chi connectivity index (χ3v) is 4.30. The third kappa shape index (κ3) is 4.67. The van der Waals surface area contributed by atoms with E-state index in [1.54, 1.807) is 6.20 Å². The fourth-order valence-electron chi connectivity index (χ4n) is 2.81. The van der Waals surface area contributed by atoms with Gasteiger partial charge in [-0.05, 0) is 36.2 Å². The van der Waals surface area contributed by atoms with Crippen molar-refractivity contribution >= 4 is 16.8 Å². The first-order valence-corrected chi connectivity index (χ1v) is 9.06. The van der Waals surface area contributed by atoms with Crippen LogP contribution in [0.3, 0.4) is 0 Å². The lowest BCUT2D eigenvalue weighted by Gasteiger charge is -2.19. The van der Waals surface area contributed by atoms with Gasteiger partial charge in [-0.2, -0.15) is 0 Å². The van der Waals surface area contributed by atoms with Crippen LogP contribution in [0.2, 0.25) is 0 Å². The van der Waals surface area contributed by atoms with Gasteiger partial charge in [0.05, 0.1) is 18.2 Å². The van der Waals surface area contributed by atoms with Gasteiger partial charge in [0.2, 0.25) is 0 Å². The predicted octanol–water partition coefficient (Wildman–Crippen LogP) is 4.52. The van der Waals surface area contributed by atoms with Gasteiger partial charge < -0.3 is 10.1 Å². The highest BCUT2D eigenvalue weighted by atomic mass is 16.5. The van der Waals surface area contributed by atoms with E-state index in [2.05, 4.69) is 17.2 Å². The number of aromatic nitrogens is 1. The number of amides is 1. The van der Waals surface area contributed by atoms with E-state index in [-0.39, 0.29) is 11.9 Å². The third-order valence-electron chi connectivity index (χ3n) is 4.30. The molecule has 0 saturated carbocycles. The van der Waals surface area contributed by atoms with Gasteiger partial charge in [-0.15, -0.1) is 0 Å². The van der Waals surface area contributed by atoms with Crippen LogP contribution in [0, 0.1) is 0 Å². The van der Waals surface area contributed by atoms with Gasteiger partial charge in [0.25, 0.3) is 5.91 Å². The minimum Gasteiger partial charge on any atom is -0.379 e. The van der Waals surface area contributed by atoms with Crippen molar-refractivity contribution in [3.05, 3.63) is 78.0 Å². The highest BCUT2D eigenvalue weighted by Gasteiger charge is 2.16. The summed E-state index contributed by atoms with van der Waals surface area (Å²) in [6, 6.07) is 19.2. The van der Waals surface area contributed by atoms with Gasteiger partial charge in [0.15, 0.2) is 0 Å². The van der Waals surface area contributed by atoms with E-state index in [0.29, 0.717) is 18.8 Å². The number of fused-ring (bicyclic) bond motifs is 1. The van der Waals surface area contributed by atoms with Crippen molar-refractivity contribution < 1.29 is 9.53 Å². The first-order valence-electron chi connectivity index (χ1n) is 9.06. The molecule has 1 heterocycles. The Balaban J connectivity index is 1.74. The summed E-state index contributed by atoms with van der Waals surface area (Å²) in [4.78, 5) is 17.1. The monoisotopic (exact) mass is 348 g/mol. The van der Waals surface area contributed by atoms with E-state index >= 15 is 0 Å². The molecule has 0 fully saturated rings. The highest BCUT2D eigenvalue weighted by molar-refractivity contribution is 5.98. The minimum absolute atomic E-state index is 0.108. The molecule has 134 valence electrons. The number of unbranched alkanes of at least 4 members (excludes halogenated alkanes) is 1. The van der Waals surface area contributed by atoms with Crippen molar-refractivity contribution in [1.29, 1.82) is 0 Å². The second kappa shape index (κ2) is 9.11. The van der Waals surface area contributed by atoms with Crippen LogP contribution in [0.5, 0.6) is 0 Å². The number of hydrogen-bond donors (Lipinski definition) is 1. The molecule has 4 heteroatoms. The van der Waals surface area contributed by atoms with Crippen molar-refractivity contribution in [2.24, 2.45) is 0 Å². The Labute approximate surface area is 154 Å². The summed E-state index contributed by atoms with van der Waals surface area (Å²) in [5.41, 5.74) is 2.55. The van der Waals surface area contributed by atoms with Crippen molar-refractivity contribution in [2.75, 3.05) is 13.2 Å². The average molecular weight is 348 g/mol. The van der Waals surface area contributed by atoms with Crippen molar-refractivity contribution in [3.63, 3.8) is 0 Å². The summed E-state index contributed by atoms with van der Waals surface area (Å²) in [5.74, 6) is -0.108. The number of nitrogens with zero attached hydrogens (tertiary/aromatic N) is 1. The molecule has 4 nitrogen and oxygen atoms in total. The molecule has 0 aliphatic rings. The molecular weight excluding hydrogens is 324 g/mol. The Hall–Kier alpha value is -2.72. The van der Waals surface area contributed by atoms with E-state index in [0.717, 1.165) is 29.3 Å². The molecule has 0 saturated heterocycles. The Morgan fingerprint density at radius 3 is 2.77 bits per heavy atom. The topological polar surface area (TPSA) is 51.2 Å². The molecule has 1 atom stereocenters. The van der Waals surface area contributed by atoms with Crippen LogP contribution >= 0.6 is 0 Å². The maximum atomic E-state index is 12.8. The van der Waals surface area contributed by atoms with Crippen LogP contribution in [-0.4, -0.2) is 24.1 Å². The van der Waals surface area contributed by atoms with E-state index in [4.69, 9.17) is 4.74 Å². The van der Waals surface area contributed by atoms with Crippen LogP contribution in [0.4, 0.5) is 0 Å². The zero-order chi connectivity index (χ0) is 18.2. The van der Waals surface area contributed by atoms with E-state index in [1.807, 2.05) is 60.7 Å². The van der Waals surface area contributed by atoms with Crippen LogP contribution in [0.25, 0.3) is 10.9 Å². The Morgan fingerprint density at radius 2 is 1.96 bits per heavy atom. The molecule has 2 aromatic carbocycles. The number of carbonyl (C=O) groups excluding carboxylic acids is 1. The zero-order valence-electron chi connectivity index (χ0n) is 15.0. The van der Waals surface area contributed by atoms with E-state index in [9.17, 15) is 4.79 Å². The van der Waals surface area contributed by atoms with E-state index < -0.39 is 0 Å². The normalized spacial score (nSPS) is 12.0. The molecule has 0 aliphatic carbocycles. The van der Waals surface area contributed by atoms with Gasteiger partial charge >= 0.3 is 0 Å². The van der Waals surface area contributed by atoms with Crippen LogP contribution < -0.4 is 5.32 Å². The smallest absolute Gasteiger partial charge is 0.251 e. The van der Waals surface area contributed by atoms with Gasteiger partial charge in [0, 0.05) is 23.8 Å². The quantitative estimate of drug-likeness (QED) is 0.609. The highest BCUT2D eigenvalue weighted by Crippen LogP contribution is 2.17. The number of pyridine rings is 1. The molecular formula is C22H24N2O2. The number of nitrogens with one attached hydrogen (secondary N) is 1. The molecule has 3 aromatic rings. The molecule has 0 aliphatic heterocycles. The fraction of sp³-hybridized carbons (Fsp3) is 0.273. The number of benzene rings is 2. The largest absolute Gasteiger partial charge is 0.379 e. The summed E-state index contributed by atoms with van der Waals surface area (Å²) in [5, 5.41) is 4.06. The van der Waals surface area contributed by atoms with Gasteiger partial charge in [-0.25, -0.2) is 0 Å². The predicted molar refractivity (Wildman–Crippen MR) is 104 cm³/mol. The standard InChI is InChI=1S/C22H24N2O2/c1-2-3-14-26-16-21(17-8-5-4-6-9-17)24-22(25)19-11-12-20-18(15-19)10-7-13-23-20/h4-13,15,21H,2-3,14,16H2,1H3,(H,24,25). The Kier molecular flexibility index (Phi) is 6.34. The van der Waals surface area contributed by atoms with E-state index in [1.165, 1.54) is 0 Å². The average Bonchev–Trinajstić information content (AvgIpc) is 2.70. The second-order valence-corrected chi connectivity index (χ2v) is 6.28. The van der Waals surface area contributed by atoms with Crippen molar-refractivity contribution in [1.82, 2.24) is 10.3 Å². The Bertz CT molecular complexity index is 849. The summed E-state index contributed by atoms with van der Waals surface area (Å²) in [6.45, 7) is 3.30. The van der Waals surface area contributed by atoms with Crippen LogP contribution in [-0.2, 0) is 4.74 Å². The Morgan fingerprint density at radius 1 is 1.12 bits per heavy atom. The molecule has 0 bridgehead atoms. The minimum atomic E-state index is -0.176. The lowest BCUT2D eigenvalue weighted by Crippen LogP contribution is -2.31. The van der Waals surface area contributed by atoms with Crippen LogP contribution in [0.1, 0.15) is 41.7 Å². The summed E-state index contributed by atoms with van der Waals surface area (Å²) < 4.78 is 5.77. The SMILES string of the molecule is CCCCOCC(NC(=O)c1ccc2ncccc2c1)c1ccccc1. The molecule has 1 N–H and O–H groups in total. The summed E-state index contributed by atoms with van der Waals surface area (Å²) >= 11 is 0. The molecule has 1 amide bonds. The summed E-state index contributed by atoms with van der Waals surface area (Å²) in [6.07, 6.45) is 3.86. The lowest BCUT2D eigenvalue weighted by molar-refractivity contribution is 0.0830.